The van der Waals surface area contributed by atoms with Gasteiger partial charge in [-0.1, -0.05) is 16.8 Å². The van der Waals surface area contributed by atoms with Crippen molar-refractivity contribution in [2.24, 2.45) is 0 Å². The van der Waals surface area contributed by atoms with E-state index in [4.69, 9.17) is 20.9 Å². The predicted molar refractivity (Wildman–Crippen MR) is 105 cm³/mol. The molecule has 7 nitrogen and oxygen atoms in total. The van der Waals surface area contributed by atoms with Crippen LogP contribution in [0.4, 0.5) is 0 Å². The molecule has 2 aromatic carbocycles. The second-order valence-electron chi connectivity index (χ2n) is 6.20. The average Bonchev–Trinajstić information content (AvgIpc) is 3.34. The van der Waals surface area contributed by atoms with Crippen LogP contribution in [-0.4, -0.2) is 28.1 Å². The number of hydrogen-bond acceptors (Lipinski definition) is 5. The molecule has 1 amide bonds. The van der Waals surface area contributed by atoms with Crippen molar-refractivity contribution in [2.45, 2.75) is 13.0 Å². The van der Waals surface area contributed by atoms with E-state index in [-0.39, 0.29) is 18.9 Å². The first-order valence-electron chi connectivity index (χ1n) is 8.61. The van der Waals surface area contributed by atoms with E-state index in [1.54, 1.807) is 13.2 Å². The van der Waals surface area contributed by atoms with Crippen molar-refractivity contribution in [1.82, 2.24) is 20.4 Å². The molecule has 0 fully saturated rings. The topological polar surface area (TPSA) is 93.0 Å². The lowest BCUT2D eigenvalue weighted by Crippen LogP contribution is -2.24. The maximum absolute atomic E-state index is 12.3. The Kier molecular flexibility index (Phi) is 4.99. The van der Waals surface area contributed by atoms with Crippen molar-refractivity contribution in [3.63, 3.8) is 0 Å². The molecule has 2 heterocycles. The molecule has 8 heteroatoms. The van der Waals surface area contributed by atoms with E-state index >= 15 is 0 Å². The SMILES string of the molecule is COc1ccc(-c2noc(CNC(=O)Cc3c[nH]c4ccc(Cl)cc34)n2)cc1. The van der Waals surface area contributed by atoms with Crippen molar-refractivity contribution >= 4 is 28.4 Å². The summed E-state index contributed by atoms with van der Waals surface area (Å²) in [6.07, 6.45) is 2.04. The fraction of sp³-hybridized carbons (Fsp3) is 0.150. The highest BCUT2D eigenvalue weighted by atomic mass is 35.5. The lowest BCUT2D eigenvalue weighted by molar-refractivity contribution is -0.120. The number of carbonyl (C=O) groups is 1. The molecular formula is C20H17ClN4O3. The molecular weight excluding hydrogens is 380 g/mol. The summed E-state index contributed by atoms with van der Waals surface area (Å²) in [5, 5.41) is 8.31. The molecule has 0 radical (unpaired) electrons. The molecule has 28 heavy (non-hydrogen) atoms. The van der Waals surface area contributed by atoms with Gasteiger partial charge in [0.25, 0.3) is 0 Å². The predicted octanol–water partition coefficient (Wildman–Crippen LogP) is 3.74. The highest BCUT2D eigenvalue weighted by molar-refractivity contribution is 6.31. The number of methoxy groups -OCH3 is 1. The van der Waals surface area contributed by atoms with E-state index in [2.05, 4.69) is 20.4 Å². The highest BCUT2D eigenvalue weighted by Gasteiger charge is 2.12. The van der Waals surface area contributed by atoms with Crippen molar-refractivity contribution in [3.05, 3.63) is 65.1 Å². The molecule has 2 aromatic heterocycles. The third-order valence-electron chi connectivity index (χ3n) is 4.33. The van der Waals surface area contributed by atoms with Gasteiger partial charge in [0, 0.05) is 27.7 Å². The van der Waals surface area contributed by atoms with Crippen LogP contribution in [0.25, 0.3) is 22.3 Å². The number of nitrogens with one attached hydrogen (secondary N) is 2. The number of rotatable bonds is 6. The van der Waals surface area contributed by atoms with Crippen LogP contribution in [-0.2, 0) is 17.8 Å². The number of H-pyrrole nitrogens is 1. The van der Waals surface area contributed by atoms with Crippen LogP contribution in [0.5, 0.6) is 5.75 Å². The number of ether oxygens (including phenoxy) is 1. The summed E-state index contributed by atoms with van der Waals surface area (Å²) < 4.78 is 10.3. The lowest BCUT2D eigenvalue weighted by Gasteiger charge is -2.02. The van der Waals surface area contributed by atoms with E-state index in [1.165, 1.54) is 0 Å². The summed E-state index contributed by atoms with van der Waals surface area (Å²) in [7, 11) is 1.61. The van der Waals surface area contributed by atoms with Crippen molar-refractivity contribution < 1.29 is 14.1 Å². The van der Waals surface area contributed by atoms with E-state index in [0.29, 0.717) is 16.7 Å². The van der Waals surface area contributed by atoms with E-state index in [9.17, 15) is 4.79 Å². The summed E-state index contributed by atoms with van der Waals surface area (Å²) in [4.78, 5) is 19.7. The second kappa shape index (κ2) is 7.74. The number of benzene rings is 2. The quantitative estimate of drug-likeness (QED) is 0.518. The Labute approximate surface area is 165 Å². The Balaban J connectivity index is 1.38. The number of fused-ring (bicyclic) bond motifs is 1. The zero-order valence-electron chi connectivity index (χ0n) is 15.0. The summed E-state index contributed by atoms with van der Waals surface area (Å²) in [5.41, 5.74) is 2.62. The lowest BCUT2D eigenvalue weighted by atomic mass is 10.1. The summed E-state index contributed by atoms with van der Waals surface area (Å²) in [6, 6.07) is 12.9. The van der Waals surface area contributed by atoms with E-state index in [0.717, 1.165) is 27.8 Å². The van der Waals surface area contributed by atoms with Gasteiger partial charge in [0.1, 0.15) is 5.75 Å². The Morgan fingerprint density at radius 3 is 2.86 bits per heavy atom. The molecule has 4 rings (SSSR count). The van der Waals surface area contributed by atoms with Crippen LogP contribution in [0, 0.1) is 0 Å². The van der Waals surface area contributed by atoms with Crippen LogP contribution >= 0.6 is 11.6 Å². The van der Waals surface area contributed by atoms with Crippen LogP contribution < -0.4 is 10.1 Å². The van der Waals surface area contributed by atoms with Crippen LogP contribution in [0.2, 0.25) is 5.02 Å². The smallest absolute Gasteiger partial charge is 0.246 e. The Morgan fingerprint density at radius 1 is 1.25 bits per heavy atom. The summed E-state index contributed by atoms with van der Waals surface area (Å²) in [5.74, 6) is 1.39. The number of aromatic nitrogens is 3. The van der Waals surface area contributed by atoms with Crippen LogP contribution in [0.1, 0.15) is 11.5 Å². The van der Waals surface area contributed by atoms with Gasteiger partial charge in [-0.05, 0) is 48.0 Å². The number of carbonyl (C=O) groups excluding carboxylic acids is 1. The van der Waals surface area contributed by atoms with Crippen LogP contribution in [0.3, 0.4) is 0 Å². The number of nitrogens with zero attached hydrogens (tertiary/aromatic N) is 2. The van der Waals surface area contributed by atoms with Crippen molar-refractivity contribution in [2.75, 3.05) is 7.11 Å². The van der Waals surface area contributed by atoms with Gasteiger partial charge in [0.2, 0.25) is 17.6 Å². The van der Waals surface area contributed by atoms with Crippen molar-refractivity contribution in [3.8, 4) is 17.1 Å². The van der Waals surface area contributed by atoms with Gasteiger partial charge >= 0.3 is 0 Å². The third-order valence-corrected chi connectivity index (χ3v) is 4.57. The monoisotopic (exact) mass is 396 g/mol. The van der Waals surface area contributed by atoms with E-state index < -0.39 is 0 Å². The number of hydrogen-bond donors (Lipinski definition) is 2. The molecule has 0 spiro atoms. The third kappa shape index (κ3) is 3.84. The molecule has 2 N–H and O–H groups in total. The molecule has 0 aliphatic carbocycles. The average molecular weight is 397 g/mol. The fourth-order valence-electron chi connectivity index (χ4n) is 2.89. The first kappa shape index (κ1) is 18.1. The van der Waals surface area contributed by atoms with Gasteiger partial charge in [-0.15, -0.1) is 0 Å². The minimum Gasteiger partial charge on any atom is -0.497 e. The summed E-state index contributed by atoms with van der Waals surface area (Å²) in [6.45, 7) is 0.158. The van der Waals surface area contributed by atoms with Gasteiger partial charge in [-0.3, -0.25) is 4.79 Å². The maximum atomic E-state index is 12.3. The number of halogens is 1. The van der Waals surface area contributed by atoms with Crippen LogP contribution in [0.15, 0.2) is 53.2 Å². The van der Waals surface area contributed by atoms with Gasteiger partial charge in [-0.2, -0.15) is 4.98 Å². The molecule has 0 bridgehead atoms. The zero-order valence-corrected chi connectivity index (χ0v) is 15.8. The first-order valence-corrected chi connectivity index (χ1v) is 8.99. The Bertz CT molecular complexity index is 1120. The second-order valence-corrected chi connectivity index (χ2v) is 6.63. The minimum atomic E-state index is -0.148. The van der Waals surface area contributed by atoms with Crippen molar-refractivity contribution in [1.29, 1.82) is 0 Å². The molecule has 0 unspecified atom stereocenters. The zero-order chi connectivity index (χ0) is 19.5. The minimum absolute atomic E-state index is 0.148. The van der Waals surface area contributed by atoms with Gasteiger partial charge < -0.3 is 19.6 Å². The Hall–Kier alpha value is -3.32. The molecule has 0 saturated carbocycles. The van der Waals surface area contributed by atoms with Gasteiger partial charge in [0.05, 0.1) is 20.1 Å². The standard InChI is InChI=1S/C20H17ClN4O3/c1-27-15-5-2-12(3-6-15)20-24-19(28-25-20)11-23-18(26)8-13-10-22-17-7-4-14(21)9-16(13)17/h2-7,9-10,22H,8,11H2,1H3,(H,23,26). The Morgan fingerprint density at radius 2 is 2.07 bits per heavy atom. The molecule has 0 atom stereocenters. The normalized spacial score (nSPS) is 10.9. The largest absolute Gasteiger partial charge is 0.497 e. The first-order chi connectivity index (χ1) is 13.6. The maximum Gasteiger partial charge on any atom is 0.246 e. The molecule has 0 aliphatic heterocycles. The van der Waals surface area contributed by atoms with E-state index in [1.807, 2.05) is 42.6 Å². The van der Waals surface area contributed by atoms with Gasteiger partial charge in [0.15, 0.2) is 0 Å². The molecule has 0 saturated heterocycles. The number of aromatic amines is 1. The molecule has 142 valence electrons. The fourth-order valence-corrected chi connectivity index (χ4v) is 3.06. The highest BCUT2D eigenvalue weighted by Crippen LogP contribution is 2.23. The van der Waals surface area contributed by atoms with Gasteiger partial charge in [-0.25, -0.2) is 0 Å². The molecule has 4 aromatic rings. The summed E-state index contributed by atoms with van der Waals surface area (Å²) >= 11 is 6.05. The number of amides is 1. The molecule has 0 aliphatic rings.